The molecule has 21 heavy (non-hydrogen) atoms. The number of nitrogens with zero attached hydrogens (tertiary/aromatic N) is 2. The number of fused-ring (bicyclic) bond motifs is 1. The minimum atomic E-state index is -0.0340. The second-order valence-electron chi connectivity index (χ2n) is 6.47. The minimum absolute atomic E-state index is 0.0340. The summed E-state index contributed by atoms with van der Waals surface area (Å²) in [5.41, 5.74) is 3.16. The molecule has 4 rings (SSSR count). The number of aromatic nitrogens is 2. The zero-order chi connectivity index (χ0) is 14.6. The summed E-state index contributed by atoms with van der Waals surface area (Å²) in [6.07, 6.45) is 6.88. The van der Waals surface area contributed by atoms with Crippen LogP contribution in [0.3, 0.4) is 0 Å². The molecule has 4 nitrogen and oxygen atoms in total. The number of hydrogen-bond acceptors (Lipinski definition) is 3. The zero-order valence-electron chi connectivity index (χ0n) is 12.1. The van der Waals surface area contributed by atoms with E-state index in [9.17, 15) is 4.79 Å². The summed E-state index contributed by atoms with van der Waals surface area (Å²) in [5, 5.41) is 1.46. The van der Waals surface area contributed by atoms with E-state index < -0.39 is 0 Å². The van der Waals surface area contributed by atoms with Crippen LogP contribution in [0, 0.1) is 12.3 Å². The van der Waals surface area contributed by atoms with Crippen LogP contribution in [0.25, 0.3) is 10.9 Å². The number of halogens is 1. The van der Waals surface area contributed by atoms with Gasteiger partial charge in [0.25, 0.3) is 5.56 Å². The second kappa shape index (κ2) is 4.47. The third-order valence-corrected chi connectivity index (χ3v) is 5.37. The van der Waals surface area contributed by atoms with Gasteiger partial charge in [-0.05, 0) is 44.1 Å². The normalized spacial score (nSPS) is 20.2. The molecule has 1 spiro atoms. The van der Waals surface area contributed by atoms with Crippen LogP contribution in [0.2, 0.25) is 5.15 Å². The summed E-state index contributed by atoms with van der Waals surface area (Å²) in [6, 6.07) is 1.86. The van der Waals surface area contributed by atoms with Gasteiger partial charge in [-0.25, -0.2) is 4.98 Å². The molecular formula is C16H18ClN3O. The molecule has 1 saturated carbocycles. The first-order valence-electron chi connectivity index (χ1n) is 7.51. The molecule has 2 aromatic rings. The van der Waals surface area contributed by atoms with E-state index >= 15 is 0 Å². The van der Waals surface area contributed by atoms with Gasteiger partial charge in [0, 0.05) is 24.0 Å². The van der Waals surface area contributed by atoms with Crippen molar-refractivity contribution in [3.8, 4) is 0 Å². The summed E-state index contributed by atoms with van der Waals surface area (Å²) in [6.45, 7) is 3.95. The predicted octanol–water partition coefficient (Wildman–Crippen LogP) is 3.27. The lowest BCUT2D eigenvalue weighted by atomic mass is 9.93. The van der Waals surface area contributed by atoms with E-state index in [0.717, 1.165) is 35.2 Å². The van der Waals surface area contributed by atoms with Crippen molar-refractivity contribution in [2.45, 2.75) is 32.6 Å². The van der Waals surface area contributed by atoms with Crippen molar-refractivity contribution in [3.05, 3.63) is 33.3 Å². The lowest BCUT2D eigenvalue weighted by Crippen LogP contribution is -2.36. The third kappa shape index (κ3) is 2.13. The van der Waals surface area contributed by atoms with Gasteiger partial charge in [0.15, 0.2) is 0 Å². The average Bonchev–Trinajstić information content (AvgIpc) is 3.22. The van der Waals surface area contributed by atoms with E-state index in [0.29, 0.717) is 10.6 Å². The van der Waals surface area contributed by atoms with Crippen molar-refractivity contribution in [2.75, 3.05) is 18.0 Å². The maximum absolute atomic E-state index is 12.2. The molecule has 0 amide bonds. The zero-order valence-corrected chi connectivity index (χ0v) is 12.8. The molecule has 2 fully saturated rings. The lowest BCUT2D eigenvalue weighted by molar-refractivity contribution is 0.384. The molecule has 0 radical (unpaired) electrons. The van der Waals surface area contributed by atoms with E-state index in [2.05, 4.69) is 14.9 Å². The van der Waals surface area contributed by atoms with E-state index in [-0.39, 0.29) is 5.56 Å². The van der Waals surface area contributed by atoms with Crippen LogP contribution in [0.15, 0.2) is 17.1 Å². The standard InChI is InChI=1S/C16H18ClN3O/c1-10-14(20-6-4-16(2-3-16)5-7-20)11-8-13(17)18-9-12(11)19-15(10)21/h8-9H,2-7H2,1H3,(H,19,21). The summed E-state index contributed by atoms with van der Waals surface area (Å²) >= 11 is 6.06. The molecule has 1 aliphatic carbocycles. The van der Waals surface area contributed by atoms with Gasteiger partial charge in [0.05, 0.1) is 17.4 Å². The highest BCUT2D eigenvalue weighted by Gasteiger charge is 2.44. The van der Waals surface area contributed by atoms with E-state index in [1.54, 1.807) is 6.20 Å². The number of pyridine rings is 2. The maximum Gasteiger partial charge on any atom is 0.253 e. The molecular weight excluding hydrogens is 286 g/mol. The fraction of sp³-hybridized carbons (Fsp3) is 0.500. The summed E-state index contributed by atoms with van der Waals surface area (Å²) in [5.74, 6) is 0. The minimum Gasteiger partial charge on any atom is -0.371 e. The lowest BCUT2D eigenvalue weighted by Gasteiger charge is -2.35. The molecule has 5 heteroatoms. The molecule has 2 aromatic heterocycles. The molecule has 0 bridgehead atoms. The molecule has 3 heterocycles. The van der Waals surface area contributed by atoms with Crippen LogP contribution in [0.1, 0.15) is 31.2 Å². The second-order valence-corrected chi connectivity index (χ2v) is 6.85. The number of nitrogens with one attached hydrogen (secondary N) is 1. The fourth-order valence-corrected chi connectivity index (χ4v) is 3.70. The van der Waals surface area contributed by atoms with Crippen molar-refractivity contribution < 1.29 is 0 Å². The van der Waals surface area contributed by atoms with E-state index in [1.165, 1.54) is 25.7 Å². The van der Waals surface area contributed by atoms with Crippen LogP contribution in [0.4, 0.5) is 5.69 Å². The number of H-pyrrole nitrogens is 1. The Morgan fingerprint density at radius 3 is 2.67 bits per heavy atom. The SMILES string of the molecule is Cc1c(N2CCC3(CC2)CC3)c2cc(Cl)ncc2[nH]c1=O. The number of aromatic amines is 1. The third-order valence-electron chi connectivity index (χ3n) is 5.17. The largest absolute Gasteiger partial charge is 0.371 e. The fourth-order valence-electron chi connectivity index (χ4n) is 3.54. The Balaban J connectivity index is 1.84. The summed E-state index contributed by atoms with van der Waals surface area (Å²) in [4.78, 5) is 21.5. The average molecular weight is 304 g/mol. The number of rotatable bonds is 1. The highest BCUT2D eigenvalue weighted by molar-refractivity contribution is 6.30. The Bertz CT molecular complexity index is 769. The van der Waals surface area contributed by atoms with Crippen LogP contribution < -0.4 is 10.5 Å². The van der Waals surface area contributed by atoms with Gasteiger partial charge in [-0.15, -0.1) is 0 Å². The van der Waals surface area contributed by atoms with Crippen molar-refractivity contribution in [1.82, 2.24) is 9.97 Å². The van der Waals surface area contributed by atoms with Crippen LogP contribution in [0.5, 0.6) is 0 Å². The molecule has 1 N–H and O–H groups in total. The van der Waals surface area contributed by atoms with Crippen LogP contribution in [-0.4, -0.2) is 23.1 Å². The van der Waals surface area contributed by atoms with Gasteiger partial charge in [-0.2, -0.15) is 0 Å². The number of anilines is 1. The van der Waals surface area contributed by atoms with Gasteiger partial charge >= 0.3 is 0 Å². The van der Waals surface area contributed by atoms with Crippen LogP contribution >= 0.6 is 11.6 Å². The van der Waals surface area contributed by atoms with Gasteiger partial charge in [0.1, 0.15) is 5.15 Å². The topological polar surface area (TPSA) is 49.0 Å². The Labute approximate surface area is 128 Å². The van der Waals surface area contributed by atoms with Gasteiger partial charge in [-0.1, -0.05) is 11.6 Å². The maximum atomic E-state index is 12.2. The smallest absolute Gasteiger partial charge is 0.253 e. The van der Waals surface area contributed by atoms with Crippen molar-refractivity contribution >= 4 is 28.2 Å². The molecule has 1 aliphatic heterocycles. The van der Waals surface area contributed by atoms with E-state index in [1.807, 2.05) is 13.0 Å². The van der Waals surface area contributed by atoms with Crippen molar-refractivity contribution in [1.29, 1.82) is 0 Å². The van der Waals surface area contributed by atoms with Gasteiger partial charge in [0.2, 0.25) is 0 Å². The van der Waals surface area contributed by atoms with Crippen molar-refractivity contribution in [3.63, 3.8) is 0 Å². The molecule has 0 aromatic carbocycles. The van der Waals surface area contributed by atoms with Crippen molar-refractivity contribution in [2.24, 2.45) is 5.41 Å². The molecule has 0 atom stereocenters. The van der Waals surface area contributed by atoms with Gasteiger partial charge < -0.3 is 9.88 Å². The Kier molecular flexibility index (Phi) is 2.80. The monoisotopic (exact) mass is 303 g/mol. The quantitative estimate of drug-likeness (QED) is 0.823. The van der Waals surface area contributed by atoms with Gasteiger partial charge in [-0.3, -0.25) is 4.79 Å². The molecule has 0 unspecified atom stereocenters. The predicted molar refractivity (Wildman–Crippen MR) is 85.2 cm³/mol. The molecule has 1 saturated heterocycles. The summed E-state index contributed by atoms with van der Waals surface area (Å²) in [7, 11) is 0. The highest BCUT2D eigenvalue weighted by Crippen LogP contribution is 2.54. The Morgan fingerprint density at radius 1 is 1.29 bits per heavy atom. The first-order valence-corrected chi connectivity index (χ1v) is 7.89. The first kappa shape index (κ1) is 13.1. The molecule has 110 valence electrons. The first-order chi connectivity index (χ1) is 10.1. The number of piperidine rings is 1. The molecule has 2 aliphatic rings. The summed E-state index contributed by atoms with van der Waals surface area (Å²) < 4.78 is 0. The van der Waals surface area contributed by atoms with Crippen LogP contribution in [-0.2, 0) is 0 Å². The van der Waals surface area contributed by atoms with E-state index in [4.69, 9.17) is 11.6 Å². The number of hydrogen-bond donors (Lipinski definition) is 1. The Morgan fingerprint density at radius 2 is 2.00 bits per heavy atom. The Hall–Kier alpha value is -1.55. The highest BCUT2D eigenvalue weighted by atomic mass is 35.5.